The number of hydrogen-bond donors (Lipinski definition) is 0. The van der Waals surface area contributed by atoms with Crippen molar-refractivity contribution in [1.29, 1.82) is 0 Å². The van der Waals surface area contributed by atoms with Crippen LogP contribution in [0.2, 0.25) is 0 Å². The van der Waals surface area contributed by atoms with E-state index in [-0.39, 0.29) is 19.0 Å². The molecular formula is C11H10F3N3O2. The van der Waals surface area contributed by atoms with E-state index in [0.717, 1.165) is 0 Å². The number of hydrogen-bond acceptors (Lipinski definition) is 5. The highest BCUT2D eigenvalue weighted by Crippen LogP contribution is 2.30. The second-order valence-corrected chi connectivity index (χ2v) is 4.44. The quantitative estimate of drug-likeness (QED) is 0.858. The largest absolute Gasteiger partial charge is 0.461 e. The number of halogens is 3. The third-order valence-corrected chi connectivity index (χ3v) is 2.89. The van der Waals surface area contributed by atoms with Crippen molar-refractivity contribution in [2.24, 2.45) is 0 Å². The Bertz CT molecular complexity index is 544. The van der Waals surface area contributed by atoms with Gasteiger partial charge in [-0.05, 0) is 12.1 Å². The zero-order valence-corrected chi connectivity index (χ0v) is 9.72. The lowest BCUT2D eigenvalue weighted by molar-refractivity contribution is -0.155. The van der Waals surface area contributed by atoms with Crippen molar-refractivity contribution >= 4 is 0 Å². The average Bonchev–Trinajstić information content (AvgIpc) is 2.91. The van der Waals surface area contributed by atoms with Gasteiger partial charge >= 0.3 is 6.18 Å². The molecule has 0 N–H and O–H groups in total. The molecule has 0 spiro atoms. The number of rotatable bonds is 3. The van der Waals surface area contributed by atoms with Crippen molar-refractivity contribution < 1.29 is 22.1 Å². The molecular weight excluding hydrogens is 263 g/mol. The smallest absolute Gasteiger partial charge is 0.401 e. The highest BCUT2D eigenvalue weighted by Gasteiger charge is 2.39. The molecule has 1 aliphatic heterocycles. The molecule has 0 amide bonds. The average molecular weight is 273 g/mol. The molecule has 0 radical (unpaired) electrons. The van der Waals surface area contributed by atoms with E-state index in [0.29, 0.717) is 17.5 Å². The maximum absolute atomic E-state index is 12.1. The molecule has 3 rings (SSSR count). The third-order valence-electron chi connectivity index (χ3n) is 2.89. The number of furan rings is 1. The molecule has 2 aromatic heterocycles. The molecule has 102 valence electrons. The first-order chi connectivity index (χ1) is 9.01. The number of nitrogens with zero attached hydrogens (tertiary/aromatic N) is 3. The molecule has 0 bridgehead atoms. The molecule has 3 heterocycles. The molecule has 0 aromatic carbocycles. The summed E-state index contributed by atoms with van der Waals surface area (Å²) in [7, 11) is 0. The van der Waals surface area contributed by atoms with Gasteiger partial charge in [-0.3, -0.25) is 4.90 Å². The molecule has 5 nitrogen and oxygen atoms in total. The molecule has 1 saturated heterocycles. The molecule has 0 aliphatic carbocycles. The van der Waals surface area contributed by atoms with E-state index >= 15 is 0 Å². The maximum atomic E-state index is 12.1. The van der Waals surface area contributed by atoms with Crippen molar-refractivity contribution in [3.8, 4) is 11.6 Å². The van der Waals surface area contributed by atoms with Crippen LogP contribution in [0.25, 0.3) is 11.6 Å². The lowest BCUT2D eigenvalue weighted by atomic mass is 10.0. The second-order valence-electron chi connectivity index (χ2n) is 4.44. The fourth-order valence-electron chi connectivity index (χ4n) is 2.02. The van der Waals surface area contributed by atoms with Gasteiger partial charge in [0.2, 0.25) is 11.7 Å². The monoisotopic (exact) mass is 273 g/mol. The summed E-state index contributed by atoms with van der Waals surface area (Å²) in [5, 5.41) is 3.74. The van der Waals surface area contributed by atoms with Gasteiger partial charge in [0.1, 0.15) is 0 Å². The van der Waals surface area contributed by atoms with Crippen molar-refractivity contribution in [2.75, 3.05) is 19.6 Å². The van der Waals surface area contributed by atoms with E-state index in [9.17, 15) is 13.2 Å². The highest BCUT2D eigenvalue weighted by atomic mass is 19.4. The Hall–Kier alpha value is -1.83. The summed E-state index contributed by atoms with van der Waals surface area (Å²) in [6, 6.07) is 3.38. The Morgan fingerprint density at radius 2 is 2.16 bits per heavy atom. The Morgan fingerprint density at radius 1 is 1.37 bits per heavy atom. The molecule has 1 fully saturated rings. The fraction of sp³-hybridized carbons (Fsp3) is 0.455. The van der Waals surface area contributed by atoms with Crippen LogP contribution in [0.4, 0.5) is 13.2 Å². The standard InChI is InChI=1S/C11H10F3N3O2/c12-11(13,14)6-17-4-7(5-17)10-15-9(16-19-10)8-2-1-3-18-8/h1-3,7H,4-6H2. The predicted molar refractivity (Wildman–Crippen MR) is 57.2 cm³/mol. The van der Waals surface area contributed by atoms with Crippen LogP contribution in [-0.2, 0) is 0 Å². The zero-order valence-electron chi connectivity index (χ0n) is 9.72. The molecule has 0 atom stereocenters. The second kappa shape index (κ2) is 4.37. The Morgan fingerprint density at radius 3 is 2.79 bits per heavy atom. The molecule has 19 heavy (non-hydrogen) atoms. The molecule has 0 unspecified atom stereocenters. The van der Waals surface area contributed by atoms with Gasteiger partial charge in [-0.25, -0.2) is 0 Å². The van der Waals surface area contributed by atoms with E-state index in [1.165, 1.54) is 11.2 Å². The van der Waals surface area contributed by atoms with Crippen LogP contribution in [0.1, 0.15) is 11.8 Å². The van der Waals surface area contributed by atoms with Gasteiger partial charge in [0, 0.05) is 13.1 Å². The lowest BCUT2D eigenvalue weighted by Gasteiger charge is -2.37. The van der Waals surface area contributed by atoms with Crippen LogP contribution in [0.3, 0.4) is 0 Å². The summed E-state index contributed by atoms with van der Waals surface area (Å²) in [5.41, 5.74) is 0. The zero-order chi connectivity index (χ0) is 13.5. The summed E-state index contributed by atoms with van der Waals surface area (Å²) in [4.78, 5) is 5.42. The van der Waals surface area contributed by atoms with E-state index in [1.807, 2.05) is 0 Å². The summed E-state index contributed by atoms with van der Waals surface area (Å²) in [6.07, 6.45) is -2.68. The first-order valence-electron chi connectivity index (χ1n) is 5.68. The normalized spacial score (nSPS) is 17.6. The Kier molecular flexibility index (Phi) is 2.81. The molecule has 2 aromatic rings. The van der Waals surface area contributed by atoms with Gasteiger partial charge in [0.05, 0.1) is 18.7 Å². The minimum atomic E-state index is -4.17. The minimum absolute atomic E-state index is 0.140. The first kappa shape index (κ1) is 12.2. The van der Waals surface area contributed by atoms with Gasteiger partial charge in [0.25, 0.3) is 0 Å². The van der Waals surface area contributed by atoms with Gasteiger partial charge in [-0.2, -0.15) is 18.2 Å². The Balaban J connectivity index is 1.61. The Labute approximate surface area is 106 Å². The van der Waals surface area contributed by atoms with E-state index in [4.69, 9.17) is 8.94 Å². The van der Waals surface area contributed by atoms with Crippen molar-refractivity contribution in [3.05, 3.63) is 24.3 Å². The highest BCUT2D eigenvalue weighted by molar-refractivity contribution is 5.44. The summed E-state index contributed by atoms with van der Waals surface area (Å²) < 4.78 is 46.6. The fourth-order valence-corrected chi connectivity index (χ4v) is 2.02. The SMILES string of the molecule is FC(F)(F)CN1CC(c2nc(-c3ccco3)no2)C1. The van der Waals surface area contributed by atoms with Crippen LogP contribution in [0.5, 0.6) is 0 Å². The van der Waals surface area contributed by atoms with Gasteiger partial charge in [-0.15, -0.1) is 0 Å². The van der Waals surface area contributed by atoms with Gasteiger partial charge < -0.3 is 8.94 Å². The summed E-state index contributed by atoms with van der Waals surface area (Å²) in [6.45, 7) is -0.346. The number of alkyl halides is 3. The van der Waals surface area contributed by atoms with Crippen LogP contribution in [0.15, 0.2) is 27.3 Å². The van der Waals surface area contributed by atoms with Crippen molar-refractivity contribution in [1.82, 2.24) is 15.0 Å². The van der Waals surface area contributed by atoms with E-state index in [1.54, 1.807) is 12.1 Å². The minimum Gasteiger partial charge on any atom is -0.461 e. The van der Waals surface area contributed by atoms with Crippen molar-refractivity contribution in [3.63, 3.8) is 0 Å². The first-order valence-corrected chi connectivity index (χ1v) is 5.68. The van der Waals surface area contributed by atoms with E-state index in [2.05, 4.69) is 10.1 Å². The topological polar surface area (TPSA) is 55.3 Å². The van der Waals surface area contributed by atoms with Crippen LogP contribution >= 0.6 is 0 Å². The third kappa shape index (κ3) is 2.62. The predicted octanol–water partition coefficient (Wildman–Crippen LogP) is 2.29. The molecule has 8 heteroatoms. The lowest BCUT2D eigenvalue weighted by Crippen LogP contribution is -2.49. The van der Waals surface area contributed by atoms with Crippen LogP contribution in [-0.4, -0.2) is 40.9 Å². The van der Waals surface area contributed by atoms with Crippen LogP contribution in [0, 0.1) is 0 Å². The summed E-state index contributed by atoms with van der Waals surface area (Å²) >= 11 is 0. The molecule has 1 aliphatic rings. The van der Waals surface area contributed by atoms with Gasteiger partial charge in [-0.1, -0.05) is 5.16 Å². The van der Waals surface area contributed by atoms with E-state index < -0.39 is 12.7 Å². The van der Waals surface area contributed by atoms with Gasteiger partial charge in [0.15, 0.2) is 5.76 Å². The van der Waals surface area contributed by atoms with Crippen LogP contribution < -0.4 is 0 Å². The van der Waals surface area contributed by atoms with Crippen molar-refractivity contribution in [2.45, 2.75) is 12.1 Å². The maximum Gasteiger partial charge on any atom is 0.401 e. The summed E-state index contributed by atoms with van der Waals surface area (Å²) in [5.74, 6) is 0.999. The number of likely N-dealkylation sites (tertiary alicyclic amines) is 1. The number of aromatic nitrogens is 2. The molecule has 0 saturated carbocycles.